The number of fused-ring (bicyclic) bond motifs is 1. The summed E-state index contributed by atoms with van der Waals surface area (Å²) in [4.78, 5) is 24.7. The molecule has 2 aromatic rings. The third-order valence-corrected chi connectivity index (χ3v) is 4.23. The third kappa shape index (κ3) is 4.78. The number of ether oxygens (including phenoxy) is 1. The van der Waals surface area contributed by atoms with E-state index in [0.29, 0.717) is 11.6 Å². The number of carbonyl (C=O) groups is 2. The molecule has 1 aliphatic heterocycles. The highest BCUT2D eigenvalue weighted by molar-refractivity contribution is 6.39. The molecule has 1 atom stereocenters. The number of aromatic nitrogens is 2. The van der Waals surface area contributed by atoms with Crippen molar-refractivity contribution in [2.75, 3.05) is 11.9 Å². The molecule has 0 aliphatic carbocycles. The molecule has 10 nitrogen and oxygen atoms in total. The SMILES string of the molecule is CC(C)n1ncc2c1OC[C@H](NC(=O)C(=N)NC(=N)Cc1ccccc1)C(=O)N2. The molecular weight excluding hydrogens is 374 g/mol. The Bertz CT molecular complexity index is 937. The zero-order chi connectivity index (χ0) is 21.0. The lowest BCUT2D eigenvalue weighted by molar-refractivity contribution is -0.123. The normalized spacial score (nSPS) is 15.6. The van der Waals surface area contributed by atoms with E-state index in [1.165, 1.54) is 6.20 Å². The number of nitrogens with one attached hydrogen (secondary N) is 5. The predicted octanol–water partition coefficient (Wildman–Crippen LogP) is 1.07. The van der Waals surface area contributed by atoms with E-state index in [1.807, 2.05) is 44.2 Å². The first-order chi connectivity index (χ1) is 13.8. The molecule has 0 bridgehead atoms. The smallest absolute Gasteiger partial charge is 0.287 e. The molecule has 0 spiro atoms. The second kappa shape index (κ2) is 8.55. The summed E-state index contributed by atoms with van der Waals surface area (Å²) in [5.74, 6) is -1.37. The van der Waals surface area contributed by atoms with E-state index in [1.54, 1.807) is 4.68 Å². The summed E-state index contributed by atoms with van der Waals surface area (Å²) in [6, 6.07) is 8.32. The first-order valence-corrected chi connectivity index (χ1v) is 9.14. The topological polar surface area (TPSA) is 145 Å². The number of carbonyl (C=O) groups excluding carboxylic acids is 2. The maximum atomic E-state index is 12.4. The van der Waals surface area contributed by atoms with Crippen molar-refractivity contribution in [1.29, 1.82) is 10.8 Å². The van der Waals surface area contributed by atoms with E-state index >= 15 is 0 Å². The van der Waals surface area contributed by atoms with Crippen molar-refractivity contribution in [2.45, 2.75) is 32.4 Å². The van der Waals surface area contributed by atoms with E-state index in [9.17, 15) is 9.59 Å². The van der Waals surface area contributed by atoms with Gasteiger partial charge in [0.05, 0.1) is 12.2 Å². The third-order valence-electron chi connectivity index (χ3n) is 4.23. The van der Waals surface area contributed by atoms with Gasteiger partial charge in [-0.25, -0.2) is 4.68 Å². The molecule has 10 heteroatoms. The molecule has 1 aromatic heterocycles. The Hall–Kier alpha value is -3.69. The van der Waals surface area contributed by atoms with E-state index in [-0.39, 0.29) is 24.9 Å². The van der Waals surface area contributed by atoms with E-state index in [2.05, 4.69) is 21.0 Å². The van der Waals surface area contributed by atoms with Crippen LogP contribution >= 0.6 is 0 Å². The van der Waals surface area contributed by atoms with Crippen LogP contribution in [0.4, 0.5) is 5.69 Å². The Balaban J connectivity index is 1.56. The minimum Gasteiger partial charge on any atom is -0.474 e. The molecule has 2 amide bonds. The highest BCUT2D eigenvalue weighted by atomic mass is 16.5. The lowest BCUT2D eigenvalue weighted by atomic mass is 10.1. The largest absolute Gasteiger partial charge is 0.474 e. The van der Waals surface area contributed by atoms with Crippen LogP contribution in [-0.4, -0.2) is 45.9 Å². The van der Waals surface area contributed by atoms with Crippen LogP contribution in [0.3, 0.4) is 0 Å². The van der Waals surface area contributed by atoms with Gasteiger partial charge in [0.1, 0.15) is 24.2 Å². The summed E-state index contributed by atoms with van der Waals surface area (Å²) in [5.41, 5.74) is 1.31. The fraction of sp³-hybridized carbons (Fsp3) is 0.316. The lowest BCUT2D eigenvalue weighted by Crippen LogP contribution is -2.51. The molecule has 29 heavy (non-hydrogen) atoms. The van der Waals surface area contributed by atoms with Crippen molar-refractivity contribution < 1.29 is 14.3 Å². The summed E-state index contributed by atoms with van der Waals surface area (Å²) in [6.45, 7) is 3.76. The molecule has 2 heterocycles. The monoisotopic (exact) mass is 397 g/mol. The number of rotatable bonds is 4. The van der Waals surface area contributed by atoms with Crippen LogP contribution in [0, 0.1) is 10.8 Å². The Morgan fingerprint density at radius 2 is 2.07 bits per heavy atom. The van der Waals surface area contributed by atoms with Gasteiger partial charge in [-0.3, -0.25) is 20.4 Å². The number of benzene rings is 1. The predicted molar refractivity (Wildman–Crippen MR) is 107 cm³/mol. The van der Waals surface area contributed by atoms with Crippen molar-refractivity contribution >= 4 is 29.2 Å². The second-order valence-electron chi connectivity index (χ2n) is 6.87. The Morgan fingerprint density at radius 1 is 1.34 bits per heavy atom. The van der Waals surface area contributed by atoms with Crippen LogP contribution in [0.15, 0.2) is 36.5 Å². The first kappa shape index (κ1) is 20.1. The highest BCUT2D eigenvalue weighted by Crippen LogP contribution is 2.29. The molecule has 3 rings (SSSR count). The Labute approximate surface area is 167 Å². The highest BCUT2D eigenvalue weighted by Gasteiger charge is 2.30. The van der Waals surface area contributed by atoms with Crippen LogP contribution in [-0.2, 0) is 16.0 Å². The fourth-order valence-corrected chi connectivity index (χ4v) is 2.80. The Kier molecular flexibility index (Phi) is 5.91. The number of hydrogen-bond donors (Lipinski definition) is 5. The van der Waals surface area contributed by atoms with Crippen molar-refractivity contribution in [3.8, 4) is 5.88 Å². The molecule has 0 fully saturated rings. The van der Waals surface area contributed by atoms with Crippen molar-refractivity contribution in [3.63, 3.8) is 0 Å². The van der Waals surface area contributed by atoms with Gasteiger partial charge in [0.25, 0.3) is 11.8 Å². The quantitative estimate of drug-likeness (QED) is 0.387. The van der Waals surface area contributed by atoms with Gasteiger partial charge in [0, 0.05) is 6.42 Å². The van der Waals surface area contributed by atoms with Gasteiger partial charge in [0.2, 0.25) is 5.88 Å². The lowest BCUT2D eigenvalue weighted by Gasteiger charge is -2.16. The van der Waals surface area contributed by atoms with Gasteiger partial charge in [0.15, 0.2) is 5.84 Å². The zero-order valence-corrected chi connectivity index (χ0v) is 16.2. The molecule has 1 aromatic carbocycles. The first-order valence-electron chi connectivity index (χ1n) is 9.14. The zero-order valence-electron chi connectivity index (χ0n) is 16.2. The maximum Gasteiger partial charge on any atom is 0.287 e. The van der Waals surface area contributed by atoms with Crippen LogP contribution in [0.25, 0.3) is 0 Å². The van der Waals surface area contributed by atoms with Gasteiger partial charge in [-0.2, -0.15) is 5.10 Å². The number of anilines is 1. The number of amidine groups is 2. The summed E-state index contributed by atoms with van der Waals surface area (Å²) in [7, 11) is 0. The number of hydrogen-bond acceptors (Lipinski definition) is 6. The molecule has 5 N–H and O–H groups in total. The minimum absolute atomic E-state index is 0.00217. The van der Waals surface area contributed by atoms with Gasteiger partial charge < -0.3 is 20.7 Å². The van der Waals surface area contributed by atoms with Gasteiger partial charge in [-0.1, -0.05) is 30.3 Å². The van der Waals surface area contributed by atoms with Crippen LogP contribution in [0.1, 0.15) is 25.5 Å². The molecule has 1 aliphatic rings. The fourth-order valence-electron chi connectivity index (χ4n) is 2.80. The second-order valence-corrected chi connectivity index (χ2v) is 6.87. The van der Waals surface area contributed by atoms with Crippen molar-refractivity contribution in [1.82, 2.24) is 20.4 Å². The molecule has 0 unspecified atom stereocenters. The standard InChI is InChI=1S/C19H23N7O3/c1-11(2)26-19-13(9-22-26)23-17(27)14(10-29-19)24-18(28)16(21)25-15(20)8-12-6-4-3-5-7-12/h3-7,9,11,14H,8,10H2,1-2H3,(H,23,27)(H,24,28)(H3,20,21,25)/t14-/m0/s1. The molecule has 0 saturated carbocycles. The van der Waals surface area contributed by atoms with Crippen LogP contribution in [0.5, 0.6) is 5.88 Å². The molecular formula is C19H23N7O3. The summed E-state index contributed by atoms with van der Waals surface area (Å²) < 4.78 is 7.31. The summed E-state index contributed by atoms with van der Waals surface area (Å²) >= 11 is 0. The molecule has 152 valence electrons. The molecule has 0 radical (unpaired) electrons. The minimum atomic E-state index is -0.985. The van der Waals surface area contributed by atoms with Crippen LogP contribution < -0.4 is 20.7 Å². The van der Waals surface area contributed by atoms with Crippen molar-refractivity contribution in [2.24, 2.45) is 0 Å². The van der Waals surface area contributed by atoms with E-state index in [0.717, 1.165) is 5.56 Å². The summed E-state index contributed by atoms with van der Waals surface area (Å²) in [5, 5.41) is 27.6. The van der Waals surface area contributed by atoms with Crippen LogP contribution in [0.2, 0.25) is 0 Å². The molecule has 0 saturated heterocycles. The maximum absolute atomic E-state index is 12.4. The van der Waals surface area contributed by atoms with Crippen molar-refractivity contribution in [3.05, 3.63) is 42.1 Å². The average molecular weight is 397 g/mol. The van der Waals surface area contributed by atoms with E-state index in [4.69, 9.17) is 15.6 Å². The number of amides is 2. The van der Waals surface area contributed by atoms with Gasteiger partial charge >= 0.3 is 0 Å². The van der Waals surface area contributed by atoms with E-state index < -0.39 is 23.7 Å². The summed E-state index contributed by atoms with van der Waals surface area (Å²) in [6.07, 6.45) is 1.75. The Morgan fingerprint density at radius 3 is 2.76 bits per heavy atom. The average Bonchev–Trinajstić information content (AvgIpc) is 3.01. The van der Waals surface area contributed by atoms with Gasteiger partial charge in [-0.15, -0.1) is 0 Å². The van der Waals surface area contributed by atoms with Gasteiger partial charge in [-0.05, 0) is 19.4 Å². The number of nitrogens with zero attached hydrogens (tertiary/aromatic N) is 2.